The molecule has 2 saturated heterocycles. The first-order valence-corrected chi connectivity index (χ1v) is 9.94. The van der Waals surface area contributed by atoms with E-state index in [-0.39, 0.29) is 30.1 Å². The van der Waals surface area contributed by atoms with Crippen LogP contribution < -0.4 is 10.9 Å². The fourth-order valence-electron chi connectivity index (χ4n) is 4.58. The van der Waals surface area contributed by atoms with Crippen LogP contribution in [0.3, 0.4) is 0 Å². The van der Waals surface area contributed by atoms with Gasteiger partial charge in [-0.1, -0.05) is 31.0 Å². The van der Waals surface area contributed by atoms with Crippen LogP contribution in [0.15, 0.2) is 24.3 Å². The number of hydrazine groups is 1. The van der Waals surface area contributed by atoms with Crippen molar-refractivity contribution in [3.8, 4) is 0 Å². The van der Waals surface area contributed by atoms with Crippen molar-refractivity contribution in [3.63, 3.8) is 0 Å². The molecule has 4 rings (SSSR count). The van der Waals surface area contributed by atoms with Gasteiger partial charge in [-0.2, -0.15) is 0 Å². The highest BCUT2D eigenvalue weighted by atomic mass is 19.1. The van der Waals surface area contributed by atoms with E-state index in [1.807, 2.05) is 4.90 Å². The van der Waals surface area contributed by atoms with Crippen molar-refractivity contribution in [1.82, 2.24) is 20.7 Å². The van der Waals surface area contributed by atoms with Crippen molar-refractivity contribution in [2.45, 2.75) is 44.2 Å². The summed E-state index contributed by atoms with van der Waals surface area (Å²) in [6.07, 6.45) is 4.69. The Bertz CT molecular complexity index is 705. The van der Waals surface area contributed by atoms with Gasteiger partial charge in [-0.3, -0.25) is 15.0 Å². The number of rotatable bonds is 3. The summed E-state index contributed by atoms with van der Waals surface area (Å²) in [4.78, 5) is 29.0. The van der Waals surface area contributed by atoms with Gasteiger partial charge in [-0.05, 0) is 24.5 Å². The van der Waals surface area contributed by atoms with Gasteiger partial charge in [-0.15, -0.1) is 0 Å². The Morgan fingerprint density at radius 1 is 1.00 bits per heavy atom. The molecule has 6 nitrogen and oxygen atoms in total. The second-order valence-electron chi connectivity index (χ2n) is 7.80. The molecule has 1 aliphatic carbocycles. The number of halogens is 1. The number of nitrogens with one attached hydrogen (secondary N) is 2. The number of amides is 2. The summed E-state index contributed by atoms with van der Waals surface area (Å²) in [5.74, 6) is 0.0757. The molecule has 27 heavy (non-hydrogen) atoms. The lowest BCUT2D eigenvalue weighted by Gasteiger charge is -2.37. The second kappa shape index (κ2) is 7.94. The molecule has 0 aromatic heterocycles. The molecule has 2 amide bonds. The third kappa shape index (κ3) is 3.84. The van der Waals surface area contributed by atoms with Crippen LogP contribution in [0, 0.1) is 11.7 Å². The first kappa shape index (κ1) is 18.4. The lowest BCUT2D eigenvalue weighted by molar-refractivity contribution is -0.141. The predicted octanol–water partition coefficient (Wildman–Crippen LogP) is 1.07. The van der Waals surface area contributed by atoms with E-state index in [4.69, 9.17) is 0 Å². The van der Waals surface area contributed by atoms with Gasteiger partial charge in [0.05, 0.1) is 6.42 Å². The summed E-state index contributed by atoms with van der Waals surface area (Å²) in [7, 11) is 0. The topological polar surface area (TPSA) is 64.7 Å². The van der Waals surface area contributed by atoms with E-state index < -0.39 is 0 Å². The monoisotopic (exact) mass is 374 g/mol. The zero-order valence-corrected chi connectivity index (χ0v) is 15.5. The fourth-order valence-corrected chi connectivity index (χ4v) is 4.58. The molecular weight excluding hydrogens is 347 g/mol. The molecule has 3 atom stereocenters. The standard InChI is InChI=1S/C20H27FN4O2/c21-16-7-3-1-5-14(16)13-18(26)24-9-11-25(12-10-24)20(27)19-15-6-2-4-8-17(15)22-23-19/h1,3,5,7,15,17,19,22-23H,2,4,6,8-13H2. The summed E-state index contributed by atoms with van der Waals surface area (Å²) in [5.41, 5.74) is 6.92. The average Bonchev–Trinajstić information content (AvgIpc) is 3.13. The van der Waals surface area contributed by atoms with Crippen LogP contribution in [-0.4, -0.2) is 59.9 Å². The molecule has 1 saturated carbocycles. The SMILES string of the molecule is O=C(Cc1ccccc1F)N1CCN(C(=O)C2NNC3CCCCC32)CC1. The van der Waals surface area contributed by atoms with Gasteiger partial charge >= 0.3 is 0 Å². The maximum atomic E-state index is 13.8. The van der Waals surface area contributed by atoms with Crippen LogP contribution in [0.5, 0.6) is 0 Å². The molecule has 146 valence electrons. The van der Waals surface area contributed by atoms with E-state index in [0.717, 1.165) is 12.8 Å². The third-order valence-corrected chi connectivity index (χ3v) is 6.18. The summed E-state index contributed by atoms with van der Waals surface area (Å²) in [6, 6.07) is 6.62. The molecule has 2 heterocycles. The van der Waals surface area contributed by atoms with Gasteiger partial charge in [0.15, 0.2) is 0 Å². The highest BCUT2D eigenvalue weighted by Gasteiger charge is 2.43. The largest absolute Gasteiger partial charge is 0.339 e. The van der Waals surface area contributed by atoms with E-state index in [9.17, 15) is 14.0 Å². The van der Waals surface area contributed by atoms with E-state index in [1.54, 1.807) is 23.1 Å². The molecule has 0 bridgehead atoms. The normalized spacial score (nSPS) is 28.1. The minimum Gasteiger partial charge on any atom is -0.339 e. The van der Waals surface area contributed by atoms with Gasteiger partial charge in [0.1, 0.15) is 11.9 Å². The molecular formula is C20H27FN4O2. The van der Waals surface area contributed by atoms with Crippen LogP contribution in [0.25, 0.3) is 0 Å². The van der Waals surface area contributed by atoms with Crippen LogP contribution >= 0.6 is 0 Å². The molecule has 7 heteroatoms. The Labute approximate surface area is 159 Å². The Hall–Kier alpha value is -1.99. The number of benzene rings is 1. The first-order valence-electron chi connectivity index (χ1n) is 9.94. The number of nitrogens with zero attached hydrogens (tertiary/aromatic N) is 2. The molecule has 2 aliphatic heterocycles. The number of carbonyl (C=O) groups is 2. The van der Waals surface area contributed by atoms with E-state index >= 15 is 0 Å². The highest BCUT2D eigenvalue weighted by molar-refractivity contribution is 5.83. The zero-order valence-electron chi connectivity index (χ0n) is 15.5. The van der Waals surface area contributed by atoms with E-state index in [0.29, 0.717) is 43.7 Å². The predicted molar refractivity (Wildman–Crippen MR) is 99.1 cm³/mol. The lowest BCUT2D eigenvalue weighted by atomic mass is 9.81. The molecule has 1 aromatic carbocycles. The third-order valence-electron chi connectivity index (χ3n) is 6.18. The van der Waals surface area contributed by atoms with Crippen molar-refractivity contribution < 1.29 is 14.0 Å². The lowest BCUT2D eigenvalue weighted by Crippen LogP contribution is -2.56. The van der Waals surface area contributed by atoms with Gasteiger partial charge in [0, 0.05) is 38.1 Å². The maximum Gasteiger partial charge on any atom is 0.241 e. The van der Waals surface area contributed by atoms with Gasteiger partial charge in [-0.25, -0.2) is 9.82 Å². The Morgan fingerprint density at radius 3 is 2.48 bits per heavy atom. The highest BCUT2D eigenvalue weighted by Crippen LogP contribution is 2.31. The van der Waals surface area contributed by atoms with Crippen molar-refractivity contribution in [3.05, 3.63) is 35.6 Å². The summed E-state index contributed by atoms with van der Waals surface area (Å²) in [6.45, 7) is 2.09. The average molecular weight is 374 g/mol. The van der Waals surface area contributed by atoms with Crippen LogP contribution in [-0.2, 0) is 16.0 Å². The number of fused-ring (bicyclic) bond motifs is 1. The molecule has 3 aliphatic rings. The molecule has 2 N–H and O–H groups in total. The summed E-state index contributed by atoms with van der Waals surface area (Å²) >= 11 is 0. The summed E-state index contributed by atoms with van der Waals surface area (Å²) < 4.78 is 13.8. The van der Waals surface area contributed by atoms with Crippen molar-refractivity contribution in [2.24, 2.45) is 5.92 Å². The first-order chi connectivity index (χ1) is 13.1. The minimum atomic E-state index is -0.346. The van der Waals surface area contributed by atoms with Crippen molar-refractivity contribution in [2.75, 3.05) is 26.2 Å². The number of hydrogen-bond donors (Lipinski definition) is 2. The minimum absolute atomic E-state index is 0.0679. The smallest absolute Gasteiger partial charge is 0.241 e. The van der Waals surface area contributed by atoms with Gasteiger partial charge < -0.3 is 9.80 Å². The molecule has 0 spiro atoms. The van der Waals surface area contributed by atoms with Gasteiger partial charge in [0.2, 0.25) is 11.8 Å². The summed E-state index contributed by atoms with van der Waals surface area (Å²) in [5, 5.41) is 0. The van der Waals surface area contributed by atoms with Crippen molar-refractivity contribution >= 4 is 11.8 Å². The molecule has 1 aromatic rings. The van der Waals surface area contributed by atoms with Crippen LogP contribution in [0.4, 0.5) is 4.39 Å². The quantitative estimate of drug-likeness (QED) is 0.831. The number of carbonyl (C=O) groups excluding carboxylic acids is 2. The second-order valence-corrected chi connectivity index (χ2v) is 7.80. The Kier molecular flexibility index (Phi) is 5.41. The van der Waals surface area contributed by atoms with Crippen LogP contribution in [0.2, 0.25) is 0 Å². The van der Waals surface area contributed by atoms with E-state index in [2.05, 4.69) is 10.9 Å². The van der Waals surface area contributed by atoms with Crippen molar-refractivity contribution in [1.29, 1.82) is 0 Å². The Morgan fingerprint density at radius 2 is 1.70 bits per heavy atom. The molecule has 3 unspecified atom stereocenters. The fraction of sp³-hybridized carbons (Fsp3) is 0.600. The van der Waals surface area contributed by atoms with Crippen LogP contribution in [0.1, 0.15) is 31.2 Å². The molecule has 0 radical (unpaired) electrons. The molecule has 3 fully saturated rings. The number of piperazine rings is 1. The van der Waals surface area contributed by atoms with E-state index in [1.165, 1.54) is 18.9 Å². The van der Waals surface area contributed by atoms with Gasteiger partial charge in [0.25, 0.3) is 0 Å². The zero-order chi connectivity index (χ0) is 18.8. The Balaban J connectivity index is 1.30. The number of hydrogen-bond acceptors (Lipinski definition) is 4. The maximum absolute atomic E-state index is 13.8.